The molecule has 2 atom stereocenters. The number of amides is 2. The van der Waals surface area contributed by atoms with E-state index < -0.39 is 12.0 Å². The van der Waals surface area contributed by atoms with Crippen LogP contribution < -0.4 is 10.6 Å². The molecule has 2 amide bonds. The highest BCUT2D eigenvalue weighted by Gasteiger charge is 2.19. The third-order valence-corrected chi connectivity index (χ3v) is 3.99. The average molecular weight is 368 g/mol. The molecular formula is C21H24N2O4. The molecule has 0 radical (unpaired) electrons. The number of esters is 1. The zero-order valence-electron chi connectivity index (χ0n) is 15.5. The topological polar surface area (TPSA) is 84.5 Å². The second-order valence-electron chi connectivity index (χ2n) is 6.23. The molecule has 0 unspecified atom stereocenters. The molecule has 6 heteroatoms. The Morgan fingerprint density at radius 2 is 1.44 bits per heavy atom. The van der Waals surface area contributed by atoms with Gasteiger partial charge in [0.05, 0.1) is 18.5 Å². The van der Waals surface area contributed by atoms with Gasteiger partial charge in [0.15, 0.2) is 6.61 Å². The van der Waals surface area contributed by atoms with E-state index in [1.807, 2.05) is 67.6 Å². The summed E-state index contributed by atoms with van der Waals surface area (Å²) in [7, 11) is 0. The molecule has 2 aromatic carbocycles. The molecule has 0 spiro atoms. The van der Waals surface area contributed by atoms with Crippen LogP contribution in [0.3, 0.4) is 0 Å². The van der Waals surface area contributed by atoms with Gasteiger partial charge in [-0.3, -0.25) is 14.4 Å². The fraction of sp³-hybridized carbons (Fsp3) is 0.286. The van der Waals surface area contributed by atoms with Gasteiger partial charge in [-0.25, -0.2) is 0 Å². The Balaban J connectivity index is 1.84. The predicted octanol–water partition coefficient (Wildman–Crippen LogP) is 2.67. The molecule has 0 bridgehead atoms. The summed E-state index contributed by atoms with van der Waals surface area (Å²) in [4.78, 5) is 35.5. The number of rotatable bonds is 8. The number of carbonyl (C=O) groups is 3. The minimum absolute atomic E-state index is 0.0505. The van der Waals surface area contributed by atoms with E-state index in [1.54, 1.807) is 0 Å². The fourth-order valence-electron chi connectivity index (χ4n) is 2.66. The summed E-state index contributed by atoms with van der Waals surface area (Å²) in [5.41, 5.74) is 1.76. The highest BCUT2D eigenvalue weighted by molar-refractivity contribution is 5.81. The molecule has 2 aromatic rings. The van der Waals surface area contributed by atoms with Gasteiger partial charge in [0, 0.05) is 6.92 Å². The van der Waals surface area contributed by atoms with Crippen molar-refractivity contribution in [3.63, 3.8) is 0 Å². The Morgan fingerprint density at radius 3 is 2.00 bits per heavy atom. The van der Waals surface area contributed by atoms with E-state index >= 15 is 0 Å². The van der Waals surface area contributed by atoms with Crippen LogP contribution in [0.4, 0.5) is 0 Å². The van der Waals surface area contributed by atoms with E-state index in [-0.39, 0.29) is 30.9 Å². The summed E-state index contributed by atoms with van der Waals surface area (Å²) >= 11 is 0. The maximum Gasteiger partial charge on any atom is 0.308 e. The lowest BCUT2D eigenvalue weighted by Gasteiger charge is -2.18. The maximum absolute atomic E-state index is 12.1. The highest BCUT2D eigenvalue weighted by Crippen LogP contribution is 2.17. The van der Waals surface area contributed by atoms with Gasteiger partial charge in [0.1, 0.15) is 0 Å². The predicted molar refractivity (Wildman–Crippen MR) is 102 cm³/mol. The first-order valence-corrected chi connectivity index (χ1v) is 8.77. The third-order valence-electron chi connectivity index (χ3n) is 3.99. The van der Waals surface area contributed by atoms with Crippen LogP contribution in [-0.2, 0) is 19.1 Å². The zero-order valence-corrected chi connectivity index (χ0v) is 15.5. The third kappa shape index (κ3) is 6.93. The van der Waals surface area contributed by atoms with Crippen LogP contribution in [0.2, 0.25) is 0 Å². The van der Waals surface area contributed by atoms with Crippen molar-refractivity contribution in [1.82, 2.24) is 10.6 Å². The first-order valence-electron chi connectivity index (χ1n) is 8.77. The average Bonchev–Trinajstić information content (AvgIpc) is 2.67. The molecular weight excluding hydrogens is 344 g/mol. The molecule has 0 fully saturated rings. The Morgan fingerprint density at radius 1 is 0.889 bits per heavy atom. The minimum atomic E-state index is -0.555. The van der Waals surface area contributed by atoms with Crippen molar-refractivity contribution in [2.75, 3.05) is 6.61 Å². The van der Waals surface area contributed by atoms with Gasteiger partial charge in [0.2, 0.25) is 5.91 Å². The maximum atomic E-state index is 12.1. The Bertz CT molecular complexity index is 762. The van der Waals surface area contributed by atoms with Crippen molar-refractivity contribution in [2.24, 2.45) is 0 Å². The SMILES string of the molecule is CC(=O)N[C@@H](CC(=O)OCC(=O)N[C@H](C)c1ccccc1)c1ccccc1. The van der Waals surface area contributed by atoms with Crippen LogP contribution in [-0.4, -0.2) is 24.4 Å². The number of carbonyl (C=O) groups excluding carboxylic acids is 3. The summed E-state index contributed by atoms with van der Waals surface area (Å²) in [5.74, 6) is -1.18. The summed E-state index contributed by atoms with van der Waals surface area (Å²) in [6, 6.07) is 18.0. The molecule has 0 saturated heterocycles. The van der Waals surface area contributed by atoms with E-state index in [2.05, 4.69) is 10.6 Å². The lowest BCUT2D eigenvalue weighted by Crippen LogP contribution is -2.32. The fourth-order valence-corrected chi connectivity index (χ4v) is 2.66. The smallest absolute Gasteiger partial charge is 0.308 e. The molecule has 0 saturated carbocycles. The summed E-state index contributed by atoms with van der Waals surface area (Å²) in [6.07, 6.45) is -0.0505. The first-order chi connectivity index (χ1) is 13.0. The van der Waals surface area contributed by atoms with Gasteiger partial charge in [-0.05, 0) is 18.1 Å². The van der Waals surface area contributed by atoms with Gasteiger partial charge < -0.3 is 15.4 Å². The molecule has 2 rings (SSSR count). The summed E-state index contributed by atoms with van der Waals surface area (Å²) in [6.45, 7) is 2.88. The second kappa shape index (κ2) is 10.1. The van der Waals surface area contributed by atoms with Gasteiger partial charge in [-0.15, -0.1) is 0 Å². The molecule has 6 nitrogen and oxygen atoms in total. The molecule has 0 heterocycles. The van der Waals surface area contributed by atoms with Crippen LogP contribution in [0.1, 0.15) is 43.5 Å². The van der Waals surface area contributed by atoms with Crippen LogP contribution >= 0.6 is 0 Å². The molecule has 142 valence electrons. The monoisotopic (exact) mass is 368 g/mol. The van der Waals surface area contributed by atoms with Crippen LogP contribution in [0.5, 0.6) is 0 Å². The van der Waals surface area contributed by atoms with E-state index in [4.69, 9.17) is 4.74 Å². The molecule has 0 aliphatic rings. The number of hydrogen-bond donors (Lipinski definition) is 2. The number of ether oxygens (including phenoxy) is 1. The zero-order chi connectivity index (χ0) is 19.6. The lowest BCUT2D eigenvalue weighted by atomic mass is 10.0. The Kier molecular flexibility index (Phi) is 7.55. The van der Waals surface area contributed by atoms with Crippen LogP contribution in [0.15, 0.2) is 60.7 Å². The van der Waals surface area contributed by atoms with Crippen LogP contribution in [0, 0.1) is 0 Å². The van der Waals surface area contributed by atoms with E-state index in [9.17, 15) is 14.4 Å². The first kappa shape index (κ1) is 20.2. The van der Waals surface area contributed by atoms with Crippen molar-refractivity contribution in [3.05, 3.63) is 71.8 Å². The molecule has 2 N–H and O–H groups in total. The summed E-state index contributed by atoms with van der Waals surface area (Å²) in [5, 5.41) is 5.51. The Hall–Kier alpha value is -3.15. The van der Waals surface area contributed by atoms with E-state index in [0.717, 1.165) is 11.1 Å². The van der Waals surface area contributed by atoms with Crippen molar-refractivity contribution in [1.29, 1.82) is 0 Å². The van der Waals surface area contributed by atoms with E-state index in [1.165, 1.54) is 6.92 Å². The van der Waals surface area contributed by atoms with Gasteiger partial charge >= 0.3 is 5.97 Å². The van der Waals surface area contributed by atoms with Crippen molar-refractivity contribution in [3.8, 4) is 0 Å². The molecule has 0 aliphatic carbocycles. The standard InChI is InChI=1S/C21H24N2O4/c1-15(17-9-5-3-6-10-17)22-20(25)14-27-21(26)13-19(23-16(2)24)18-11-7-4-8-12-18/h3-12,15,19H,13-14H2,1-2H3,(H,22,25)(H,23,24)/t15-,19+/m1/s1. The minimum Gasteiger partial charge on any atom is -0.456 e. The van der Waals surface area contributed by atoms with Crippen molar-refractivity contribution >= 4 is 17.8 Å². The number of benzene rings is 2. The van der Waals surface area contributed by atoms with Crippen molar-refractivity contribution in [2.45, 2.75) is 32.4 Å². The van der Waals surface area contributed by atoms with Crippen molar-refractivity contribution < 1.29 is 19.1 Å². The lowest BCUT2D eigenvalue weighted by molar-refractivity contribution is -0.149. The largest absolute Gasteiger partial charge is 0.456 e. The second-order valence-corrected chi connectivity index (χ2v) is 6.23. The molecule has 27 heavy (non-hydrogen) atoms. The van der Waals surface area contributed by atoms with Gasteiger partial charge in [-0.2, -0.15) is 0 Å². The highest BCUT2D eigenvalue weighted by atomic mass is 16.5. The Labute approximate surface area is 158 Å². The van der Waals surface area contributed by atoms with E-state index in [0.29, 0.717) is 0 Å². The quantitative estimate of drug-likeness (QED) is 0.702. The van der Waals surface area contributed by atoms with Gasteiger partial charge in [0.25, 0.3) is 5.91 Å². The number of hydrogen-bond acceptors (Lipinski definition) is 4. The number of nitrogens with one attached hydrogen (secondary N) is 2. The van der Waals surface area contributed by atoms with Crippen LogP contribution in [0.25, 0.3) is 0 Å². The molecule has 0 aliphatic heterocycles. The molecule has 0 aromatic heterocycles. The van der Waals surface area contributed by atoms with Gasteiger partial charge in [-0.1, -0.05) is 60.7 Å². The summed E-state index contributed by atoms with van der Waals surface area (Å²) < 4.78 is 5.07. The normalized spacial score (nSPS) is 12.5.